The van der Waals surface area contributed by atoms with Crippen molar-refractivity contribution in [2.24, 2.45) is 0 Å². The highest BCUT2D eigenvalue weighted by Crippen LogP contribution is 2.34. The zero-order valence-electron chi connectivity index (χ0n) is 15.4. The van der Waals surface area contributed by atoms with Crippen LogP contribution in [0.1, 0.15) is 18.2 Å². The van der Waals surface area contributed by atoms with Crippen molar-refractivity contribution >= 4 is 28.9 Å². The van der Waals surface area contributed by atoms with Crippen LogP contribution in [0, 0.1) is 5.82 Å². The van der Waals surface area contributed by atoms with Gasteiger partial charge in [-0.15, -0.1) is 0 Å². The van der Waals surface area contributed by atoms with Crippen LogP contribution in [0.4, 0.5) is 15.8 Å². The van der Waals surface area contributed by atoms with Gasteiger partial charge >= 0.3 is 0 Å². The third-order valence-electron chi connectivity index (χ3n) is 4.74. The third kappa shape index (κ3) is 3.45. The number of benzene rings is 2. The minimum Gasteiger partial charge on any atom is -0.378 e. The van der Waals surface area contributed by atoms with Crippen LogP contribution in [0.3, 0.4) is 0 Å². The van der Waals surface area contributed by atoms with E-state index >= 15 is 0 Å². The van der Waals surface area contributed by atoms with Gasteiger partial charge in [-0.05, 0) is 36.4 Å². The van der Waals surface area contributed by atoms with Gasteiger partial charge in [0.2, 0.25) is 5.91 Å². The Morgan fingerprint density at radius 2 is 2.07 bits per heavy atom. The molecule has 144 valence electrons. The molecule has 1 aromatic heterocycles. The van der Waals surface area contributed by atoms with Crippen LogP contribution in [-0.4, -0.2) is 36.7 Å². The van der Waals surface area contributed by atoms with Gasteiger partial charge in [0.05, 0.1) is 5.69 Å². The number of rotatable bonds is 4. The molecule has 1 atom stereocenters. The molecule has 6 nitrogen and oxygen atoms in total. The summed E-state index contributed by atoms with van der Waals surface area (Å²) < 4.78 is 19.6. The predicted molar refractivity (Wildman–Crippen MR) is 105 cm³/mol. The van der Waals surface area contributed by atoms with Crippen molar-refractivity contribution in [3.63, 3.8) is 0 Å². The van der Waals surface area contributed by atoms with E-state index in [0.717, 1.165) is 11.3 Å². The molecule has 0 N–H and O–H groups in total. The van der Waals surface area contributed by atoms with Crippen LogP contribution in [0.2, 0.25) is 5.02 Å². The molecule has 28 heavy (non-hydrogen) atoms. The molecule has 0 spiro atoms. The number of aromatic nitrogens is 2. The zero-order valence-corrected chi connectivity index (χ0v) is 16.2. The molecule has 1 fully saturated rings. The second-order valence-electron chi connectivity index (χ2n) is 6.90. The number of hydrogen-bond donors (Lipinski definition) is 0. The van der Waals surface area contributed by atoms with E-state index in [1.54, 1.807) is 0 Å². The molecule has 0 radical (unpaired) electrons. The van der Waals surface area contributed by atoms with Gasteiger partial charge in [0.15, 0.2) is 5.82 Å². The van der Waals surface area contributed by atoms with Crippen molar-refractivity contribution < 1.29 is 13.7 Å². The summed E-state index contributed by atoms with van der Waals surface area (Å²) in [7, 11) is 3.90. The topological polar surface area (TPSA) is 62.5 Å². The highest BCUT2D eigenvalue weighted by molar-refractivity contribution is 6.31. The largest absolute Gasteiger partial charge is 0.378 e. The standard InChI is InChI=1S/C20H18ClFN4O2/c1-25(2)15-5-3-4-12(8-15)20-23-19(24-28-20)13-9-18(27)26(11-13)17-10-14(21)6-7-16(17)22/h3-8,10,13H,9,11H2,1-2H3. The van der Waals surface area contributed by atoms with Crippen LogP contribution in [0.15, 0.2) is 47.0 Å². The van der Waals surface area contributed by atoms with Gasteiger partial charge in [-0.25, -0.2) is 4.39 Å². The summed E-state index contributed by atoms with van der Waals surface area (Å²) in [5.74, 6) is -0.151. The maximum atomic E-state index is 14.1. The lowest BCUT2D eigenvalue weighted by Gasteiger charge is -2.17. The minimum atomic E-state index is -0.493. The average Bonchev–Trinajstić information content (AvgIpc) is 3.31. The number of carbonyl (C=O) groups is 1. The van der Waals surface area contributed by atoms with E-state index < -0.39 is 5.82 Å². The number of carbonyl (C=O) groups excluding carboxylic acids is 1. The number of amides is 1. The first-order valence-corrected chi connectivity index (χ1v) is 9.17. The van der Waals surface area contributed by atoms with Crippen LogP contribution in [-0.2, 0) is 4.79 Å². The molecule has 3 aromatic rings. The summed E-state index contributed by atoms with van der Waals surface area (Å²) >= 11 is 5.95. The number of anilines is 2. The van der Waals surface area contributed by atoms with E-state index in [1.807, 2.05) is 43.3 Å². The minimum absolute atomic E-state index is 0.169. The molecule has 0 aliphatic carbocycles. The number of halogens is 2. The Hall–Kier alpha value is -2.93. The second-order valence-corrected chi connectivity index (χ2v) is 7.34. The van der Waals surface area contributed by atoms with Gasteiger partial charge in [-0.3, -0.25) is 4.79 Å². The predicted octanol–water partition coefficient (Wildman–Crippen LogP) is 4.12. The van der Waals surface area contributed by atoms with Gasteiger partial charge in [0.25, 0.3) is 5.89 Å². The van der Waals surface area contributed by atoms with Crippen LogP contribution in [0.25, 0.3) is 11.5 Å². The second kappa shape index (κ2) is 7.24. The van der Waals surface area contributed by atoms with E-state index in [9.17, 15) is 9.18 Å². The molecule has 4 rings (SSSR count). The Kier molecular flexibility index (Phi) is 4.77. The molecule has 1 saturated heterocycles. The molecule has 2 aromatic carbocycles. The van der Waals surface area contributed by atoms with Gasteiger partial charge in [0, 0.05) is 49.3 Å². The summed E-state index contributed by atoms with van der Waals surface area (Å²) in [5, 5.41) is 4.42. The van der Waals surface area contributed by atoms with Gasteiger partial charge in [-0.1, -0.05) is 22.8 Å². The molecule has 8 heteroatoms. The van der Waals surface area contributed by atoms with E-state index in [1.165, 1.54) is 23.1 Å². The molecule has 2 heterocycles. The highest BCUT2D eigenvalue weighted by Gasteiger charge is 2.35. The van der Waals surface area contributed by atoms with Crippen molar-refractivity contribution in [3.8, 4) is 11.5 Å². The van der Waals surface area contributed by atoms with Crippen molar-refractivity contribution in [2.45, 2.75) is 12.3 Å². The van der Waals surface area contributed by atoms with Crippen molar-refractivity contribution in [2.75, 3.05) is 30.4 Å². The van der Waals surface area contributed by atoms with E-state index in [0.29, 0.717) is 16.7 Å². The van der Waals surface area contributed by atoms with E-state index in [-0.39, 0.29) is 30.5 Å². The molecule has 1 aliphatic heterocycles. The maximum Gasteiger partial charge on any atom is 0.258 e. The molecule has 1 amide bonds. The average molecular weight is 401 g/mol. The Bertz CT molecular complexity index is 1040. The van der Waals surface area contributed by atoms with Crippen molar-refractivity contribution in [3.05, 3.63) is 59.1 Å². The van der Waals surface area contributed by atoms with E-state index in [2.05, 4.69) is 10.1 Å². The first-order chi connectivity index (χ1) is 13.4. The normalized spacial score (nSPS) is 16.6. The Morgan fingerprint density at radius 1 is 1.25 bits per heavy atom. The SMILES string of the molecule is CN(C)c1cccc(-c2nc(C3CC(=O)N(c4cc(Cl)ccc4F)C3)no2)c1. The lowest BCUT2D eigenvalue weighted by molar-refractivity contribution is -0.117. The first kappa shape index (κ1) is 18.4. The smallest absolute Gasteiger partial charge is 0.258 e. The highest BCUT2D eigenvalue weighted by atomic mass is 35.5. The van der Waals surface area contributed by atoms with Crippen LogP contribution >= 0.6 is 11.6 Å². The van der Waals surface area contributed by atoms with Gasteiger partial charge in [0.1, 0.15) is 5.82 Å². The third-order valence-corrected chi connectivity index (χ3v) is 4.98. The fourth-order valence-corrected chi connectivity index (χ4v) is 3.41. The van der Waals surface area contributed by atoms with Crippen LogP contribution < -0.4 is 9.80 Å². The molecule has 0 saturated carbocycles. The Labute approximate surface area is 166 Å². The summed E-state index contributed by atoms with van der Waals surface area (Å²) in [6, 6.07) is 11.9. The first-order valence-electron chi connectivity index (χ1n) is 8.79. The quantitative estimate of drug-likeness (QED) is 0.659. The summed E-state index contributed by atoms with van der Waals surface area (Å²) in [4.78, 5) is 20.3. The number of nitrogens with zero attached hydrogens (tertiary/aromatic N) is 4. The summed E-state index contributed by atoms with van der Waals surface area (Å²) in [6.07, 6.45) is 0.183. The molecule has 1 unspecified atom stereocenters. The van der Waals surface area contributed by atoms with E-state index in [4.69, 9.17) is 16.1 Å². The number of hydrogen-bond acceptors (Lipinski definition) is 5. The van der Waals surface area contributed by atoms with Gasteiger partial charge < -0.3 is 14.3 Å². The molecular weight excluding hydrogens is 383 g/mol. The monoisotopic (exact) mass is 400 g/mol. The lowest BCUT2D eigenvalue weighted by Crippen LogP contribution is -2.25. The maximum absolute atomic E-state index is 14.1. The Morgan fingerprint density at radius 3 is 2.86 bits per heavy atom. The van der Waals surface area contributed by atoms with Gasteiger partial charge in [-0.2, -0.15) is 4.98 Å². The fourth-order valence-electron chi connectivity index (χ4n) is 3.24. The fraction of sp³-hybridized carbons (Fsp3) is 0.250. The molecule has 1 aliphatic rings. The summed E-state index contributed by atoms with van der Waals surface area (Å²) in [6.45, 7) is 0.271. The van der Waals surface area contributed by atoms with Crippen molar-refractivity contribution in [1.29, 1.82) is 0 Å². The zero-order chi connectivity index (χ0) is 19.8. The molecule has 0 bridgehead atoms. The molecular formula is C20H18ClFN4O2. The lowest BCUT2D eigenvalue weighted by atomic mass is 10.1. The van der Waals surface area contributed by atoms with Crippen molar-refractivity contribution in [1.82, 2.24) is 10.1 Å². The summed E-state index contributed by atoms with van der Waals surface area (Å²) in [5.41, 5.74) is 1.98. The Balaban J connectivity index is 1.57. The van der Waals surface area contributed by atoms with Crippen LogP contribution in [0.5, 0.6) is 0 Å².